The van der Waals surface area contributed by atoms with Crippen molar-refractivity contribution >= 4 is 33.3 Å². The maximum Gasteiger partial charge on any atom is 0.142 e. The molecule has 2 aromatic carbocycles. The number of benzene rings is 2. The fourth-order valence-electron chi connectivity index (χ4n) is 3.76. The molecule has 0 spiro atoms. The third kappa shape index (κ3) is 2.84. The number of H-pyrrole nitrogens is 1. The van der Waals surface area contributed by atoms with E-state index in [4.69, 9.17) is 5.73 Å². The SMILES string of the molecule is CN1CCN(c2ccc3nc(-c4cnc5ccc(F)cc5c4N)[nH]c3c2)CC1. The predicted molar refractivity (Wildman–Crippen MR) is 111 cm³/mol. The van der Waals surface area contributed by atoms with E-state index in [0.717, 1.165) is 37.2 Å². The van der Waals surface area contributed by atoms with Crippen LogP contribution in [0, 0.1) is 5.82 Å². The first-order valence-electron chi connectivity index (χ1n) is 9.36. The Bertz CT molecular complexity index is 1180. The monoisotopic (exact) mass is 376 g/mol. The lowest BCUT2D eigenvalue weighted by molar-refractivity contribution is 0.313. The molecule has 3 heterocycles. The van der Waals surface area contributed by atoms with Gasteiger partial charge in [-0.05, 0) is 43.4 Å². The van der Waals surface area contributed by atoms with Gasteiger partial charge in [-0.3, -0.25) is 4.98 Å². The molecule has 1 aliphatic rings. The van der Waals surface area contributed by atoms with E-state index in [1.165, 1.54) is 17.8 Å². The number of aromatic nitrogens is 3. The number of fused-ring (bicyclic) bond motifs is 2. The number of aromatic amines is 1. The lowest BCUT2D eigenvalue weighted by Gasteiger charge is -2.34. The molecule has 0 amide bonds. The van der Waals surface area contributed by atoms with Crippen molar-refractivity contribution in [1.82, 2.24) is 19.9 Å². The standard InChI is InChI=1S/C21H21FN6/c1-27-6-8-28(9-7-27)14-3-5-18-19(11-14)26-21(25-18)16-12-24-17-4-2-13(22)10-15(17)20(16)23/h2-5,10-12H,6-9H2,1H3,(H2,23,24)(H,25,26). The zero-order chi connectivity index (χ0) is 19.3. The number of pyridine rings is 1. The van der Waals surface area contributed by atoms with E-state index in [1.807, 2.05) is 6.07 Å². The van der Waals surface area contributed by atoms with Gasteiger partial charge in [0.2, 0.25) is 0 Å². The molecule has 0 unspecified atom stereocenters. The molecule has 0 aliphatic carbocycles. The topological polar surface area (TPSA) is 74.1 Å². The van der Waals surface area contributed by atoms with E-state index < -0.39 is 0 Å². The summed E-state index contributed by atoms with van der Waals surface area (Å²) in [5.74, 6) is 0.307. The van der Waals surface area contributed by atoms with Crippen LogP contribution in [0.1, 0.15) is 0 Å². The van der Waals surface area contributed by atoms with Crippen molar-refractivity contribution in [2.24, 2.45) is 0 Å². The number of imidazole rings is 1. The van der Waals surface area contributed by atoms with Crippen LogP contribution < -0.4 is 10.6 Å². The molecular weight excluding hydrogens is 355 g/mol. The third-order valence-electron chi connectivity index (χ3n) is 5.46. The summed E-state index contributed by atoms with van der Waals surface area (Å²) < 4.78 is 13.6. The van der Waals surface area contributed by atoms with Gasteiger partial charge in [0.05, 0.1) is 27.8 Å². The molecule has 0 bridgehead atoms. The van der Waals surface area contributed by atoms with Crippen LogP contribution in [0.4, 0.5) is 15.8 Å². The summed E-state index contributed by atoms with van der Waals surface area (Å²) in [5.41, 5.74) is 11.1. The van der Waals surface area contributed by atoms with Gasteiger partial charge in [0.15, 0.2) is 0 Å². The number of halogens is 1. The van der Waals surface area contributed by atoms with E-state index in [2.05, 4.69) is 43.9 Å². The van der Waals surface area contributed by atoms with Crippen molar-refractivity contribution in [3.8, 4) is 11.4 Å². The quantitative estimate of drug-likeness (QED) is 0.562. The molecule has 142 valence electrons. The Kier molecular flexibility index (Phi) is 3.91. The summed E-state index contributed by atoms with van der Waals surface area (Å²) in [7, 11) is 2.15. The summed E-state index contributed by atoms with van der Waals surface area (Å²) in [6.45, 7) is 4.14. The highest BCUT2D eigenvalue weighted by Crippen LogP contribution is 2.32. The second-order valence-corrected chi connectivity index (χ2v) is 7.32. The number of nitrogens with zero attached hydrogens (tertiary/aromatic N) is 4. The first-order valence-corrected chi connectivity index (χ1v) is 9.36. The summed E-state index contributed by atoms with van der Waals surface area (Å²) in [4.78, 5) is 17.2. The largest absolute Gasteiger partial charge is 0.398 e. The summed E-state index contributed by atoms with van der Waals surface area (Å²) >= 11 is 0. The fourth-order valence-corrected chi connectivity index (χ4v) is 3.76. The van der Waals surface area contributed by atoms with Gasteiger partial charge in [-0.2, -0.15) is 0 Å². The molecule has 0 saturated carbocycles. The summed E-state index contributed by atoms with van der Waals surface area (Å²) in [6, 6.07) is 10.7. The Morgan fingerprint density at radius 3 is 2.64 bits per heavy atom. The van der Waals surface area contributed by atoms with Crippen LogP contribution in [-0.2, 0) is 0 Å². The van der Waals surface area contributed by atoms with Crippen LogP contribution >= 0.6 is 0 Å². The van der Waals surface area contributed by atoms with Crippen LogP contribution in [0.3, 0.4) is 0 Å². The number of nitrogen functional groups attached to an aromatic ring is 1. The maximum atomic E-state index is 13.6. The highest BCUT2D eigenvalue weighted by Gasteiger charge is 2.16. The minimum absolute atomic E-state index is 0.334. The first-order chi connectivity index (χ1) is 13.6. The van der Waals surface area contributed by atoms with Crippen molar-refractivity contribution in [3.63, 3.8) is 0 Å². The van der Waals surface area contributed by atoms with Gasteiger partial charge >= 0.3 is 0 Å². The molecule has 1 saturated heterocycles. The van der Waals surface area contributed by atoms with Crippen LogP contribution in [0.15, 0.2) is 42.6 Å². The van der Waals surface area contributed by atoms with Crippen molar-refractivity contribution < 1.29 is 4.39 Å². The van der Waals surface area contributed by atoms with Crippen LogP contribution in [-0.4, -0.2) is 53.1 Å². The number of likely N-dealkylation sites (N-methyl/N-ethyl adjacent to an activating group) is 1. The normalized spacial score (nSPS) is 15.6. The van der Waals surface area contributed by atoms with Crippen molar-refractivity contribution in [2.45, 2.75) is 0 Å². The minimum atomic E-state index is -0.334. The molecular formula is C21H21FN6. The average Bonchev–Trinajstić information content (AvgIpc) is 3.12. The van der Waals surface area contributed by atoms with Gasteiger partial charge in [-0.1, -0.05) is 0 Å². The number of nitrogens with two attached hydrogens (primary N) is 1. The maximum absolute atomic E-state index is 13.6. The number of hydrogen-bond acceptors (Lipinski definition) is 5. The molecule has 1 aliphatic heterocycles. The number of anilines is 2. The zero-order valence-corrected chi connectivity index (χ0v) is 15.6. The number of piperazine rings is 1. The number of nitrogens with one attached hydrogen (secondary N) is 1. The highest BCUT2D eigenvalue weighted by molar-refractivity contribution is 5.98. The molecule has 28 heavy (non-hydrogen) atoms. The van der Waals surface area contributed by atoms with E-state index in [9.17, 15) is 4.39 Å². The number of hydrogen-bond donors (Lipinski definition) is 2. The van der Waals surface area contributed by atoms with E-state index in [1.54, 1.807) is 12.3 Å². The van der Waals surface area contributed by atoms with Crippen molar-refractivity contribution in [3.05, 3.63) is 48.4 Å². The van der Waals surface area contributed by atoms with Gasteiger partial charge in [-0.15, -0.1) is 0 Å². The Morgan fingerprint density at radius 1 is 1.04 bits per heavy atom. The Hall–Kier alpha value is -3.19. The summed E-state index contributed by atoms with van der Waals surface area (Å²) in [6.07, 6.45) is 1.69. The lowest BCUT2D eigenvalue weighted by Crippen LogP contribution is -2.44. The zero-order valence-electron chi connectivity index (χ0n) is 15.6. The van der Waals surface area contributed by atoms with Crippen LogP contribution in [0.5, 0.6) is 0 Å². The predicted octanol–water partition coefficient (Wildman–Crippen LogP) is 3.25. The Labute approximate surface area is 161 Å². The van der Waals surface area contributed by atoms with E-state index >= 15 is 0 Å². The van der Waals surface area contributed by atoms with Crippen molar-refractivity contribution in [2.75, 3.05) is 43.9 Å². The smallest absolute Gasteiger partial charge is 0.142 e. The fraction of sp³-hybridized carbons (Fsp3) is 0.238. The molecule has 1 fully saturated rings. The molecule has 7 heteroatoms. The molecule has 5 rings (SSSR count). The highest BCUT2D eigenvalue weighted by atomic mass is 19.1. The Balaban J connectivity index is 1.55. The molecule has 4 aromatic rings. The third-order valence-corrected chi connectivity index (χ3v) is 5.46. The van der Waals surface area contributed by atoms with Crippen LogP contribution in [0.2, 0.25) is 0 Å². The lowest BCUT2D eigenvalue weighted by atomic mass is 10.1. The molecule has 0 atom stereocenters. The second-order valence-electron chi connectivity index (χ2n) is 7.32. The Morgan fingerprint density at radius 2 is 1.82 bits per heavy atom. The van der Waals surface area contributed by atoms with E-state index in [-0.39, 0.29) is 5.82 Å². The van der Waals surface area contributed by atoms with Crippen LogP contribution in [0.25, 0.3) is 33.3 Å². The van der Waals surface area contributed by atoms with E-state index in [0.29, 0.717) is 28.0 Å². The number of rotatable bonds is 2. The minimum Gasteiger partial charge on any atom is -0.398 e. The van der Waals surface area contributed by atoms with Gasteiger partial charge in [-0.25, -0.2) is 9.37 Å². The second kappa shape index (κ2) is 6.45. The molecule has 0 radical (unpaired) electrons. The van der Waals surface area contributed by atoms with Crippen molar-refractivity contribution in [1.29, 1.82) is 0 Å². The molecule has 3 N–H and O–H groups in total. The van der Waals surface area contributed by atoms with Gasteiger partial charge in [0.25, 0.3) is 0 Å². The molecule has 6 nitrogen and oxygen atoms in total. The van der Waals surface area contributed by atoms with Gasteiger partial charge in [0.1, 0.15) is 11.6 Å². The average molecular weight is 376 g/mol. The van der Waals surface area contributed by atoms with Gasteiger partial charge < -0.3 is 20.5 Å². The molecule has 2 aromatic heterocycles. The van der Waals surface area contributed by atoms with Gasteiger partial charge in [0, 0.05) is 43.4 Å². The summed E-state index contributed by atoms with van der Waals surface area (Å²) in [5, 5.41) is 0.594. The first kappa shape index (κ1) is 16.9.